The molecule has 4 saturated carbocycles. The molecule has 0 saturated heterocycles. The van der Waals surface area contributed by atoms with E-state index in [1.54, 1.807) is 0 Å². The molecule has 4 aliphatic carbocycles. The second kappa shape index (κ2) is 11.0. The number of hydrogen-bond donors (Lipinski definition) is 1. The van der Waals surface area contributed by atoms with Gasteiger partial charge < -0.3 is 5.73 Å². The van der Waals surface area contributed by atoms with E-state index in [-0.39, 0.29) is 0 Å². The van der Waals surface area contributed by atoms with Crippen molar-refractivity contribution in [3.05, 3.63) is 11.6 Å². The van der Waals surface area contributed by atoms with E-state index in [1.807, 2.05) is 5.57 Å². The van der Waals surface area contributed by atoms with Crippen molar-refractivity contribution in [1.29, 1.82) is 0 Å². The Balaban J connectivity index is 1.26. The van der Waals surface area contributed by atoms with Crippen molar-refractivity contribution in [2.75, 3.05) is 0 Å². The van der Waals surface area contributed by atoms with Gasteiger partial charge in [0.25, 0.3) is 0 Å². The maximum atomic E-state index is 6.40. The third-order valence-electron chi connectivity index (χ3n) is 11.3. The molecule has 0 aromatic rings. The molecule has 1 heteroatoms. The first-order valence-electron chi connectivity index (χ1n) is 14.9. The molecule has 4 fully saturated rings. The summed E-state index contributed by atoms with van der Waals surface area (Å²) in [6, 6.07) is 0.487. The van der Waals surface area contributed by atoms with Crippen LogP contribution in [0.3, 0.4) is 0 Å². The lowest BCUT2D eigenvalue weighted by Crippen LogP contribution is -2.54. The fourth-order valence-corrected chi connectivity index (χ4v) is 9.21. The fourth-order valence-electron chi connectivity index (χ4n) is 9.21. The molecule has 0 aliphatic heterocycles. The van der Waals surface area contributed by atoms with Crippen molar-refractivity contribution in [2.24, 2.45) is 40.2 Å². The van der Waals surface area contributed by atoms with Gasteiger partial charge in [0.15, 0.2) is 0 Å². The number of allylic oxidation sites excluding steroid dienone is 2. The maximum Gasteiger partial charge on any atom is 0.00418 e. The first-order valence-corrected chi connectivity index (χ1v) is 14.9. The van der Waals surface area contributed by atoms with Gasteiger partial charge >= 0.3 is 0 Å². The average Bonchev–Trinajstić information content (AvgIpc) is 3.12. The first-order chi connectivity index (χ1) is 15.5. The Labute approximate surface area is 200 Å². The van der Waals surface area contributed by atoms with Crippen molar-refractivity contribution in [2.45, 2.75) is 149 Å². The monoisotopic (exact) mass is 441 g/mol. The van der Waals surface area contributed by atoms with E-state index in [4.69, 9.17) is 5.73 Å². The highest BCUT2D eigenvalue weighted by Gasteiger charge is 2.58. The summed E-state index contributed by atoms with van der Waals surface area (Å²) in [7, 11) is 0. The summed E-state index contributed by atoms with van der Waals surface area (Å²) in [5.74, 6) is 3.88. The van der Waals surface area contributed by atoms with E-state index in [9.17, 15) is 0 Å². The van der Waals surface area contributed by atoms with Gasteiger partial charge in [-0.1, -0.05) is 83.8 Å². The van der Waals surface area contributed by atoms with Crippen LogP contribution in [0.25, 0.3) is 0 Å². The predicted octanol–water partition coefficient (Wildman–Crippen LogP) is 9.20. The second-order valence-corrected chi connectivity index (χ2v) is 13.0. The van der Waals surface area contributed by atoms with Crippen LogP contribution in [0.4, 0.5) is 0 Å². The van der Waals surface area contributed by atoms with Crippen LogP contribution < -0.4 is 5.73 Å². The van der Waals surface area contributed by atoms with Crippen molar-refractivity contribution in [3.63, 3.8) is 0 Å². The Kier molecular flexibility index (Phi) is 8.50. The van der Waals surface area contributed by atoms with Gasteiger partial charge in [0.05, 0.1) is 0 Å². The zero-order valence-electron chi connectivity index (χ0n) is 22.0. The molecule has 7 atom stereocenters. The third kappa shape index (κ3) is 5.04. The molecule has 0 amide bonds. The van der Waals surface area contributed by atoms with Gasteiger partial charge in [-0.05, 0) is 105 Å². The molecule has 0 spiro atoms. The Morgan fingerprint density at radius 2 is 1.53 bits per heavy atom. The van der Waals surface area contributed by atoms with E-state index < -0.39 is 0 Å². The summed E-state index contributed by atoms with van der Waals surface area (Å²) in [6.45, 7) is 7.66. The number of fused-ring (bicyclic) bond motifs is 5. The van der Waals surface area contributed by atoms with Crippen LogP contribution in [0.15, 0.2) is 11.6 Å². The van der Waals surface area contributed by atoms with Crippen LogP contribution in [0, 0.1) is 34.5 Å². The van der Waals surface area contributed by atoms with Gasteiger partial charge in [-0.25, -0.2) is 0 Å². The molecule has 1 nitrogen and oxygen atoms in total. The zero-order valence-corrected chi connectivity index (χ0v) is 22.0. The molecule has 0 bridgehead atoms. The molecule has 0 aromatic carbocycles. The second-order valence-electron chi connectivity index (χ2n) is 13.0. The van der Waals surface area contributed by atoms with Gasteiger partial charge in [0.2, 0.25) is 0 Å². The van der Waals surface area contributed by atoms with E-state index in [1.165, 1.54) is 122 Å². The zero-order chi connectivity index (χ0) is 22.6. The average molecular weight is 442 g/mol. The van der Waals surface area contributed by atoms with Crippen LogP contribution in [-0.4, -0.2) is 6.04 Å². The summed E-state index contributed by atoms with van der Waals surface area (Å²) in [5.41, 5.74) is 9.41. The summed E-state index contributed by atoms with van der Waals surface area (Å²) < 4.78 is 0. The molecule has 184 valence electrons. The van der Waals surface area contributed by atoms with Crippen LogP contribution in [-0.2, 0) is 0 Å². The minimum Gasteiger partial charge on any atom is -0.328 e. The summed E-state index contributed by atoms with van der Waals surface area (Å²) in [4.78, 5) is 0. The minimum absolute atomic E-state index is 0.487. The van der Waals surface area contributed by atoms with Crippen LogP contribution in [0.5, 0.6) is 0 Å². The third-order valence-corrected chi connectivity index (χ3v) is 11.3. The van der Waals surface area contributed by atoms with Gasteiger partial charge in [-0.15, -0.1) is 0 Å². The smallest absolute Gasteiger partial charge is 0.00418 e. The summed E-state index contributed by atoms with van der Waals surface area (Å²) in [6.07, 6.45) is 29.9. The normalized spacial score (nSPS) is 42.5. The van der Waals surface area contributed by atoms with Crippen molar-refractivity contribution in [1.82, 2.24) is 0 Å². The molecule has 4 unspecified atom stereocenters. The van der Waals surface area contributed by atoms with Crippen LogP contribution in [0.2, 0.25) is 0 Å². The summed E-state index contributed by atoms with van der Waals surface area (Å²) in [5, 5.41) is 0. The molecule has 0 aromatic heterocycles. The van der Waals surface area contributed by atoms with Crippen molar-refractivity contribution >= 4 is 0 Å². The van der Waals surface area contributed by atoms with Gasteiger partial charge in [0.1, 0.15) is 0 Å². The van der Waals surface area contributed by atoms with E-state index in [2.05, 4.69) is 26.8 Å². The largest absolute Gasteiger partial charge is 0.328 e. The Morgan fingerprint density at radius 3 is 2.28 bits per heavy atom. The highest BCUT2D eigenvalue weighted by molar-refractivity contribution is 5.24. The lowest BCUT2D eigenvalue weighted by molar-refractivity contribution is -0.0999. The maximum absolute atomic E-state index is 6.40. The van der Waals surface area contributed by atoms with Crippen LogP contribution in [0.1, 0.15) is 143 Å². The standard InChI is InChI=1S/C31H55N/c1-4-5-6-7-8-9-10-11-12-13-14-24-16-18-28-27-17-15-25-23-26(32)19-21-31(25,3)29(27)20-22-30(24,28)2/h14,25-29H,4-13,15-23,32H2,1-3H3/b24-14-/t25?,26-,27?,28?,29?,30-,31+/m1/s1. The van der Waals surface area contributed by atoms with E-state index in [0.717, 1.165) is 23.7 Å². The highest BCUT2D eigenvalue weighted by Crippen LogP contribution is 2.67. The number of nitrogens with two attached hydrogens (primary N) is 1. The quantitative estimate of drug-likeness (QED) is 0.265. The molecule has 0 radical (unpaired) electrons. The SMILES string of the molecule is CCCCCCCCCCC/C=C1/CCC2C3CCC4C[C@H](N)CC[C@]4(C)C3CC[C@]12C. The van der Waals surface area contributed by atoms with Crippen LogP contribution >= 0.6 is 0 Å². The molecular formula is C31H55N. The van der Waals surface area contributed by atoms with E-state index in [0.29, 0.717) is 16.9 Å². The molecule has 32 heavy (non-hydrogen) atoms. The topological polar surface area (TPSA) is 26.0 Å². The number of unbranched alkanes of at least 4 members (excludes halogenated alkanes) is 9. The van der Waals surface area contributed by atoms with Gasteiger partial charge in [-0.3, -0.25) is 0 Å². The Morgan fingerprint density at radius 1 is 0.812 bits per heavy atom. The lowest BCUT2D eigenvalue weighted by atomic mass is 9.45. The van der Waals surface area contributed by atoms with Crippen molar-refractivity contribution < 1.29 is 0 Å². The lowest BCUT2D eigenvalue weighted by Gasteiger charge is -2.60. The van der Waals surface area contributed by atoms with Gasteiger partial charge in [-0.2, -0.15) is 0 Å². The fraction of sp³-hybridized carbons (Fsp3) is 0.935. The van der Waals surface area contributed by atoms with E-state index >= 15 is 0 Å². The Hall–Kier alpha value is -0.300. The first kappa shape index (κ1) is 24.8. The number of rotatable bonds is 10. The number of hydrogen-bond acceptors (Lipinski definition) is 1. The van der Waals surface area contributed by atoms with Crippen molar-refractivity contribution in [3.8, 4) is 0 Å². The minimum atomic E-state index is 0.487. The summed E-state index contributed by atoms with van der Waals surface area (Å²) >= 11 is 0. The molecular weight excluding hydrogens is 386 g/mol. The highest BCUT2D eigenvalue weighted by atomic mass is 14.7. The molecule has 4 rings (SSSR count). The molecule has 4 aliphatic rings. The molecule has 2 N–H and O–H groups in total. The Bertz CT molecular complexity index is 622. The predicted molar refractivity (Wildman–Crippen MR) is 140 cm³/mol. The molecule has 0 heterocycles. The van der Waals surface area contributed by atoms with Gasteiger partial charge in [0, 0.05) is 6.04 Å².